The Balaban J connectivity index is 1.15. The van der Waals surface area contributed by atoms with Gasteiger partial charge in [0.2, 0.25) is 0 Å². The molecule has 3 heterocycles. The van der Waals surface area contributed by atoms with E-state index in [0.29, 0.717) is 11.4 Å². The Morgan fingerprint density at radius 1 is 0.412 bits per heavy atom. The molecule has 0 radical (unpaired) electrons. The van der Waals surface area contributed by atoms with E-state index in [1.54, 1.807) is 12.1 Å². The van der Waals surface area contributed by atoms with Crippen LogP contribution < -0.4 is 0 Å². The van der Waals surface area contributed by atoms with E-state index in [1.165, 1.54) is 10.8 Å². The van der Waals surface area contributed by atoms with Crippen LogP contribution in [0.3, 0.4) is 0 Å². The molecule has 68 heavy (non-hydrogen) atoms. The number of hydrogen-bond acceptors (Lipinski definition) is 4. The van der Waals surface area contributed by atoms with E-state index in [9.17, 15) is 10.5 Å². The molecule has 0 fully saturated rings. The van der Waals surface area contributed by atoms with Gasteiger partial charge in [0.15, 0.2) is 11.5 Å². The number of fused-ring (bicyclic) bond motifs is 6. The van der Waals surface area contributed by atoms with Gasteiger partial charge in [0, 0.05) is 60.5 Å². The maximum atomic E-state index is 10.3. The molecule has 7 heteroatoms. The van der Waals surface area contributed by atoms with E-state index < -0.39 is 0 Å². The topological polar surface area (TPSA) is 87.6 Å². The average molecular weight is 866 g/mol. The van der Waals surface area contributed by atoms with Gasteiger partial charge in [0.25, 0.3) is 0 Å². The smallest absolute Gasteiger partial charge is 0.197 e. The van der Waals surface area contributed by atoms with E-state index >= 15 is 0 Å². The van der Waals surface area contributed by atoms with Crippen molar-refractivity contribution in [3.63, 3.8) is 0 Å². The molecule has 0 unspecified atom stereocenters. The Hall–Kier alpha value is -9.87. The summed E-state index contributed by atoms with van der Waals surface area (Å²) >= 11 is 0. The highest BCUT2D eigenvalue weighted by Gasteiger charge is 2.23. The van der Waals surface area contributed by atoms with E-state index in [2.05, 4.69) is 166 Å². The minimum absolute atomic E-state index is 0.263. The first kappa shape index (κ1) is 39.7. The molecule has 0 amide bonds. The highest BCUT2D eigenvalue weighted by atomic mass is 15.0. The van der Waals surface area contributed by atoms with E-state index in [4.69, 9.17) is 16.5 Å². The maximum absolute atomic E-state index is 10.3. The molecule has 12 rings (SSSR count). The molecule has 9 aromatic carbocycles. The van der Waals surface area contributed by atoms with Crippen molar-refractivity contribution in [3.05, 3.63) is 235 Å². The van der Waals surface area contributed by atoms with Gasteiger partial charge in [-0.15, -0.1) is 0 Å². The Bertz CT molecular complexity index is 3980. The highest BCUT2D eigenvalue weighted by molar-refractivity contribution is 6.12. The molecule has 7 nitrogen and oxygen atoms in total. The zero-order chi connectivity index (χ0) is 45.7. The number of aromatic nitrogens is 4. The average Bonchev–Trinajstić information content (AvgIpc) is 3.93. The maximum Gasteiger partial charge on any atom is 0.197 e. The standard InChI is InChI=1S/C61H35N7/c1-64-53-33-39(37-62)32-44(38-63)60(53)43-29-31-59-50(35-43)48-23-11-15-27-57(48)68(59)58-30-28-42(52-36-51(40-16-4-2-5-17-40)65-61(66-52)41-18-6-3-7-19-41)34-49(58)47-22-10-14-26-56(47)67-54-24-12-8-20-45(54)46-21-9-13-25-55(46)67/h2-36H. The van der Waals surface area contributed by atoms with E-state index in [-0.39, 0.29) is 16.8 Å². The van der Waals surface area contributed by atoms with Crippen LogP contribution in [-0.4, -0.2) is 19.1 Å². The number of para-hydroxylation sites is 4. The zero-order valence-electron chi connectivity index (χ0n) is 36.3. The van der Waals surface area contributed by atoms with Crippen molar-refractivity contribution in [1.82, 2.24) is 19.1 Å². The summed E-state index contributed by atoms with van der Waals surface area (Å²) in [6.07, 6.45) is 0. The molecule has 0 saturated carbocycles. The molecule has 0 aliphatic rings. The van der Waals surface area contributed by atoms with Crippen molar-refractivity contribution in [1.29, 1.82) is 10.5 Å². The van der Waals surface area contributed by atoms with Crippen LogP contribution in [0.4, 0.5) is 5.69 Å². The fourth-order valence-corrected chi connectivity index (χ4v) is 9.81. The summed E-state index contributed by atoms with van der Waals surface area (Å²) in [5, 5.41) is 24.3. The lowest BCUT2D eigenvalue weighted by molar-refractivity contribution is 1.16. The highest BCUT2D eigenvalue weighted by Crippen LogP contribution is 2.44. The molecule has 314 valence electrons. The second-order valence-corrected chi connectivity index (χ2v) is 16.7. The zero-order valence-corrected chi connectivity index (χ0v) is 36.3. The normalized spacial score (nSPS) is 11.2. The van der Waals surface area contributed by atoms with Crippen LogP contribution in [0, 0.1) is 29.2 Å². The minimum Gasteiger partial charge on any atom is -0.309 e. The molecule has 0 saturated heterocycles. The van der Waals surface area contributed by atoms with Crippen LogP contribution in [0.15, 0.2) is 212 Å². The summed E-state index contributed by atoms with van der Waals surface area (Å²) < 4.78 is 4.69. The summed E-state index contributed by atoms with van der Waals surface area (Å²) in [6, 6.07) is 76.8. The van der Waals surface area contributed by atoms with Gasteiger partial charge < -0.3 is 9.13 Å². The molecular formula is C61H35N7. The monoisotopic (exact) mass is 865 g/mol. The minimum atomic E-state index is 0.263. The van der Waals surface area contributed by atoms with Crippen LogP contribution in [0.5, 0.6) is 0 Å². The summed E-state index contributed by atoms with van der Waals surface area (Å²) in [5.41, 5.74) is 14.7. The molecule has 12 aromatic rings. The number of hydrogen-bond donors (Lipinski definition) is 0. The molecule has 0 aliphatic heterocycles. The second kappa shape index (κ2) is 16.3. The Kier molecular flexibility index (Phi) is 9.51. The molecule has 0 aliphatic carbocycles. The van der Waals surface area contributed by atoms with Crippen LogP contribution in [0.25, 0.3) is 116 Å². The molecule has 3 aromatic heterocycles. The van der Waals surface area contributed by atoms with Gasteiger partial charge in [-0.25, -0.2) is 14.8 Å². The predicted molar refractivity (Wildman–Crippen MR) is 274 cm³/mol. The SMILES string of the molecule is [C-]#[N+]c1cc(C#N)cc(C#N)c1-c1ccc2c(c1)c1ccccc1n2-c1ccc(-c2cc(-c3ccccc3)nc(-c3ccccc3)n2)cc1-c1ccccc1-n1c2ccccc2c2ccccc21. The number of nitrogens with zero attached hydrogens (tertiary/aromatic N) is 7. The van der Waals surface area contributed by atoms with Gasteiger partial charge in [0.05, 0.1) is 69.1 Å². The first-order valence-electron chi connectivity index (χ1n) is 22.2. The van der Waals surface area contributed by atoms with Gasteiger partial charge in [-0.3, -0.25) is 0 Å². The molecule has 0 spiro atoms. The third kappa shape index (κ3) is 6.49. The summed E-state index contributed by atoms with van der Waals surface area (Å²) in [4.78, 5) is 14.2. The van der Waals surface area contributed by atoms with E-state index in [1.807, 2.05) is 60.7 Å². The third-order valence-electron chi connectivity index (χ3n) is 12.8. The predicted octanol–water partition coefficient (Wildman–Crippen LogP) is 15.3. The number of nitriles is 2. The van der Waals surface area contributed by atoms with Gasteiger partial charge in [0.1, 0.15) is 0 Å². The van der Waals surface area contributed by atoms with Crippen LogP contribution in [-0.2, 0) is 0 Å². The van der Waals surface area contributed by atoms with Crippen LogP contribution >= 0.6 is 0 Å². The Morgan fingerprint density at radius 3 is 1.57 bits per heavy atom. The lowest BCUT2D eigenvalue weighted by Gasteiger charge is -2.20. The number of benzene rings is 9. The fraction of sp³-hybridized carbons (Fsp3) is 0. The van der Waals surface area contributed by atoms with Gasteiger partial charge >= 0.3 is 0 Å². The summed E-state index contributed by atoms with van der Waals surface area (Å²) in [5.74, 6) is 0.639. The number of rotatable bonds is 7. The second-order valence-electron chi connectivity index (χ2n) is 16.7. The van der Waals surface area contributed by atoms with Crippen molar-refractivity contribution in [2.75, 3.05) is 0 Å². The summed E-state index contributed by atoms with van der Waals surface area (Å²) in [6.45, 7) is 8.03. The van der Waals surface area contributed by atoms with Crippen molar-refractivity contribution in [2.24, 2.45) is 0 Å². The van der Waals surface area contributed by atoms with Crippen molar-refractivity contribution < 1.29 is 0 Å². The Morgan fingerprint density at radius 2 is 0.941 bits per heavy atom. The third-order valence-corrected chi connectivity index (χ3v) is 12.8. The van der Waals surface area contributed by atoms with Crippen molar-refractivity contribution >= 4 is 49.3 Å². The van der Waals surface area contributed by atoms with Gasteiger partial charge in [-0.2, -0.15) is 10.5 Å². The molecule has 0 bridgehead atoms. The van der Waals surface area contributed by atoms with Crippen LogP contribution in [0.2, 0.25) is 0 Å². The first-order valence-corrected chi connectivity index (χ1v) is 22.2. The summed E-state index contributed by atoms with van der Waals surface area (Å²) in [7, 11) is 0. The van der Waals surface area contributed by atoms with Gasteiger partial charge in [-0.05, 0) is 72.3 Å². The molecule has 0 atom stereocenters. The van der Waals surface area contributed by atoms with Crippen molar-refractivity contribution in [2.45, 2.75) is 0 Å². The van der Waals surface area contributed by atoms with E-state index in [0.717, 1.165) is 89.0 Å². The van der Waals surface area contributed by atoms with Gasteiger partial charge in [-0.1, -0.05) is 146 Å². The Labute approximate surface area is 391 Å². The van der Waals surface area contributed by atoms with Crippen molar-refractivity contribution in [3.8, 4) is 79.7 Å². The largest absolute Gasteiger partial charge is 0.309 e. The molecular weight excluding hydrogens is 831 g/mol. The fourth-order valence-electron chi connectivity index (χ4n) is 9.81. The first-order chi connectivity index (χ1) is 33.6. The lowest BCUT2D eigenvalue weighted by atomic mass is 9.95. The quantitative estimate of drug-likeness (QED) is 0.149. The van der Waals surface area contributed by atoms with Crippen LogP contribution in [0.1, 0.15) is 11.1 Å². The molecule has 0 N–H and O–H groups in total. The lowest BCUT2D eigenvalue weighted by Crippen LogP contribution is -2.02.